The summed E-state index contributed by atoms with van der Waals surface area (Å²) in [6.45, 7) is 4.43. The molecule has 0 bridgehead atoms. The lowest BCUT2D eigenvalue weighted by molar-refractivity contribution is -0.133. The summed E-state index contributed by atoms with van der Waals surface area (Å²) >= 11 is 3.47. The summed E-state index contributed by atoms with van der Waals surface area (Å²) in [5.41, 5.74) is 0. The normalized spacial score (nSPS) is 12.5. The summed E-state index contributed by atoms with van der Waals surface area (Å²) in [5.74, 6) is 0.571. The van der Waals surface area contributed by atoms with Crippen LogP contribution in [0.5, 0.6) is 0 Å². The van der Waals surface area contributed by atoms with E-state index in [0.29, 0.717) is 6.42 Å². The smallest absolute Gasteiger partial charge is 0.317 e. The minimum absolute atomic E-state index is 0.210. The molecule has 0 fully saturated rings. The van der Waals surface area contributed by atoms with Crippen molar-refractivity contribution in [3.05, 3.63) is 0 Å². The first-order chi connectivity index (χ1) is 6.74. The Kier molecular flexibility index (Phi) is 9.26. The van der Waals surface area contributed by atoms with E-state index in [1.807, 2.05) is 0 Å². The van der Waals surface area contributed by atoms with Crippen LogP contribution in [0, 0.1) is 5.92 Å². The SMILES string of the molecule is CCCCC(CC)CCCC(=O)OS. The maximum atomic E-state index is 10.8. The summed E-state index contributed by atoms with van der Waals surface area (Å²) in [7, 11) is 0. The van der Waals surface area contributed by atoms with Crippen molar-refractivity contribution < 1.29 is 8.98 Å². The molecule has 0 aliphatic carbocycles. The van der Waals surface area contributed by atoms with Gasteiger partial charge in [0.15, 0.2) is 0 Å². The zero-order valence-electron chi connectivity index (χ0n) is 9.29. The minimum Gasteiger partial charge on any atom is -0.395 e. The van der Waals surface area contributed by atoms with Crippen molar-refractivity contribution in [2.75, 3.05) is 0 Å². The minimum atomic E-state index is -0.210. The molecule has 0 spiro atoms. The van der Waals surface area contributed by atoms with E-state index < -0.39 is 0 Å². The first-order valence-corrected chi connectivity index (χ1v) is 5.95. The van der Waals surface area contributed by atoms with Crippen molar-refractivity contribution in [3.63, 3.8) is 0 Å². The molecule has 0 heterocycles. The lowest BCUT2D eigenvalue weighted by Crippen LogP contribution is -2.02. The predicted molar refractivity (Wildman–Crippen MR) is 62.2 cm³/mol. The Labute approximate surface area is 93.0 Å². The summed E-state index contributed by atoms with van der Waals surface area (Å²) in [6, 6.07) is 0. The second kappa shape index (κ2) is 9.38. The van der Waals surface area contributed by atoms with E-state index in [-0.39, 0.29) is 5.97 Å². The molecule has 1 atom stereocenters. The van der Waals surface area contributed by atoms with Gasteiger partial charge in [0.25, 0.3) is 0 Å². The van der Waals surface area contributed by atoms with Gasteiger partial charge in [-0.25, -0.2) is 0 Å². The molecule has 0 aromatic heterocycles. The average Bonchev–Trinajstić information content (AvgIpc) is 2.22. The highest BCUT2D eigenvalue weighted by atomic mass is 32.1. The monoisotopic (exact) mass is 218 g/mol. The zero-order chi connectivity index (χ0) is 10.8. The van der Waals surface area contributed by atoms with Crippen molar-refractivity contribution in [1.82, 2.24) is 0 Å². The van der Waals surface area contributed by atoms with Crippen LogP contribution in [0.2, 0.25) is 0 Å². The van der Waals surface area contributed by atoms with E-state index in [2.05, 4.69) is 30.9 Å². The van der Waals surface area contributed by atoms with Gasteiger partial charge in [-0.3, -0.25) is 4.79 Å². The van der Waals surface area contributed by atoms with Crippen LogP contribution in [0.3, 0.4) is 0 Å². The van der Waals surface area contributed by atoms with Crippen LogP contribution in [0.15, 0.2) is 0 Å². The number of carbonyl (C=O) groups is 1. The van der Waals surface area contributed by atoms with Gasteiger partial charge in [0.1, 0.15) is 0 Å². The van der Waals surface area contributed by atoms with E-state index in [9.17, 15) is 4.79 Å². The largest absolute Gasteiger partial charge is 0.395 e. The van der Waals surface area contributed by atoms with Crippen LogP contribution in [0.1, 0.15) is 58.8 Å². The van der Waals surface area contributed by atoms with Crippen molar-refractivity contribution in [2.24, 2.45) is 5.92 Å². The molecular weight excluding hydrogens is 196 g/mol. The fraction of sp³-hybridized carbons (Fsp3) is 0.909. The van der Waals surface area contributed by atoms with Gasteiger partial charge in [0, 0.05) is 19.3 Å². The average molecular weight is 218 g/mol. The summed E-state index contributed by atoms with van der Waals surface area (Å²) < 4.78 is 4.30. The molecule has 0 N–H and O–H groups in total. The van der Waals surface area contributed by atoms with Crippen LogP contribution < -0.4 is 0 Å². The molecule has 0 aromatic carbocycles. The number of unbranched alkanes of at least 4 members (excludes halogenated alkanes) is 1. The molecule has 0 saturated heterocycles. The Balaban J connectivity index is 3.46. The van der Waals surface area contributed by atoms with Gasteiger partial charge in [-0.2, -0.15) is 0 Å². The van der Waals surface area contributed by atoms with Gasteiger partial charge in [-0.1, -0.05) is 39.5 Å². The van der Waals surface area contributed by atoms with Crippen LogP contribution in [0.4, 0.5) is 0 Å². The first-order valence-electron chi connectivity index (χ1n) is 5.58. The van der Waals surface area contributed by atoms with Gasteiger partial charge in [0.2, 0.25) is 0 Å². The highest BCUT2D eigenvalue weighted by molar-refractivity contribution is 7.75. The van der Waals surface area contributed by atoms with E-state index in [4.69, 9.17) is 0 Å². The van der Waals surface area contributed by atoms with Crippen LogP contribution in [0.25, 0.3) is 0 Å². The third-order valence-electron chi connectivity index (χ3n) is 2.64. The quantitative estimate of drug-likeness (QED) is 0.496. The van der Waals surface area contributed by atoms with Gasteiger partial charge in [-0.15, -0.1) is 0 Å². The predicted octanol–water partition coefficient (Wildman–Crippen LogP) is 3.76. The molecule has 2 nitrogen and oxygen atoms in total. The molecule has 0 aliphatic heterocycles. The number of hydrogen-bond acceptors (Lipinski definition) is 3. The Morgan fingerprint density at radius 1 is 1.29 bits per heavy atom. The highest BCUT2D eigenvalue weighted by Gasteiger charge is 2.07. The van der Waals surface area contributed by atoms with Crippen molar-refractivity contribution in [1.29, 1.82) is 0 Å². The third kappa shape index (κ3) is 7.25. The van der Waals surface area contributed by atoms with E-state index >= 15 is 0 Å². The lowest BCUT2D eigenvalue weighted by atomic mass is 9.94. The molecule has 14 heavy (non-hydrogen) atoms. The maximum Gasteiger partial charge on any atom is 0.317 e. The molecule has 0 amide bonds. The molecule has 0 saturated carbocycles. The Bertz CT molecular complexity index is 148. The molecular formula is C11H22O2S. The molecule has 3 heteroatoms. The first kappa shape index (κ1) is 13.8. The molecule has 0 radical (unpaired) electrons. The van der Waals surface area contributed by atoms with E-state index in [1.54, 1.807) is 0 Å². The lowest BCUT2D eigenvalue weighted by Gasteiger charge is -2.13. The second-order valence-electron chi connectivity index (χ2n) is 3.77. The number of rotatable bonds is 8. The third-order valence-corrected chi connectivity index (χ3v) is 2.84. The number of hydrogen-bond donors (Lipinski definition) is 1. The van der Waals surface area contributed by atoms with Crippen LogP contribution in [-0.4, -0.2) is 5.97 Å². The standard InChI is InChI=1S/C11H22O2S/c1-3-5-7-10(4-2)8-6-9-11(12)13-14/h10,14H,3-9H2,1-2H3. The molecule has 84 valence electrons. The molecule has 1 unspecified atom stereocenters. The maximum absolute atomic E-state index is 10.8. The fourth-order valence-corrected chi connectivity index (χ4v) is 1.72. The Morgan fingerprint density at radius 3 is 2.43 bits per heavy atom. The topological polar surface area (TPSA) is 26.3 Å². The van der Waals surface area contributed by atoms with Crippen LogP contribution >= 0.6 is 12.9 Å². The van der Waals surface area contributed by atoms with E-state index in [1.165, 1.54) is 25.7 Å². The number of thiol groups is 1. The second-order valence-corrected chi connectivity index (χ2v) is 3.95. The molecule has 0 aromatic rings. The van der Waals surface area contributed by atoms with Gasteiger partial charge in [-0.05, 0) is 18.8 Å². The van der Waals surface area contributed by atoms with Crippen LogP contribution in [-0.2, 0) is 8.98 Å². The Hall–Kier alpha value is -0.180. The molecule has 0 aliphatic rings. The van der Waals surface area contributed by atoms with Gasteiger partial charge in [0.05, 0.1) is 0 Å². The van der Waals surface area contributed by atoms with Crippen molar-refractivity contribution >= 4 is 18.9 Å². The van der Waals surface area contributed by atoms with Crippen molar-refractivity contribution in [2.45, 2.75) is 58.8 Å². The summed E-state index contributed by atoms with van der Waals surface area (Å²) in [4.78, 5) is 10.8. The highest BCUT2D eigenvalue weighted by Crippen LogP contribution is 2.19. The van der Waals surface area contributed by atoms with Crippen molar-refractivity contribution in [3.8, 4) is 0 Å². The zero-order valence-corrected chi connectivity index (χ0v) is 10.2. The van der Waals surface area contributed by atoms with Gasteiger partial charge >= 0.3 is 5.97 Å². The van der Waals surface area contributed by atoms with Gasteiger partial charge < -0.3 is 4.18 Å². The Morgan fingerprint density at radius 2 is 1.93 bits per heavy atom. The summed E-state index contributed by atoms with van der Waals surface area (Å²) in [5, 5.41) is 0. The summed E-state index contributed by atoms with van der Waals surface area (Å²) in [6.07, 6.45) is 7.65. The van der Waals surface area contributed by atoms with E-state index in [0.717, 1.165) is 18.8 Å². The fourth-order valence-electron chi connectivity index (χ4n) is 1.63. The molecule has 0 rings (SSSR count). The number of carbonyl (C=O) groups excluding carboxylic acids is 1.